The van der Waals surface area contributed by atoms with Gasteiger partial charge in [0.15, 0.2) is 0 Å². The molecular weight excluding hydrogens is 272 g/mol. The average molecular weight is 294 g/mol. The fourth-order valence-corrected chi connectivity index (χ4v) is 6.01. The van der Waals surface area contributed by atoms with Crippen LogP contribution in [0.25, 0.3) is 10.9 Å². The van der Waals surface area contributed by atoms with E-state index in [0.29, 0.717) is 12.0 Å². The van der Waals surface area contributed by atoms with Gasteiger partial charge in [-0.25, -0.2) is 0 Å². The molecule has 1 aromatic heterocycles. The summed E-state index contributed by atoms with van der Waals surface area (Å²) in [6.45, 7) is 0. The van der Waals surface area contributed by atoms with Crippen LogP contribution in [-0.2, 0) is 0 Å². The number of aromatic nitrogens is 2. The van der Waals surface area contributed by atoms with Crippen molar-refractivity contribution < 1.29 is 0 Å². The van der Waals surface area contributed by atoms with Crippen molar-refractivity contribution in [3.63, 3.8) is 0 Å². The third-order valence-electron chi connectivity index (χ3n) is 7.12. The predicted molar refractivity (Wildman–Crippen MR) is 86.7 cm³/mol. The van der Waals surface area contributed by atoms with Crippen LogP contribution in [0, 0.1) is 17.8 Å². The molecule has 1 aromatic carbocycles. The summed E-state index contributed by atoms with van der Waals surface area (Å²) in [4.78, 5) is 0. The molecule has 22 heavy (non-hydrogen) atoms. The Hall–Kier alpha value is -1.55. The van der Waals surface area contributed by atoms with Crippen molar-refractivity contribution in [2.24, 2.45) is 23.5 Å². The first-order valence-electron chi connectivity index (χ1n) is 8.76. The number of anilines is 1. The summed E-state index contributed by atoms with van der Waals surface area (Å²) in [5.41, 5.74) is 10.8. The van der Waals surface area contributed by atoms with E-state index in [1.165, 1.54) is 54.3 Å². The van der Waals surface area contributed by atoms with Crippen LogP contribution in [0.5, 0.6) is 0 Å². The van der Waals surface area contributed by atoms with Gasteiger partial charge in [0.2, 0.25) is 0 Å². The Balaban J connectivity index is 1.60. The van der Waals surface area contributed by atoms with Crippen LogP contribution in [0.3, 0.4) is 0 Å². The zero-order chi connectivity index (χ0) is 14.5. The van der Waals surface area contributed by atoms with Crippen LogP contribution >= 0.6 is 0 Å². The molecule has 114 valence electrons. The predicted octanol–water partition coefficient (Wildman–Crippen LogP) is 2.98. The lowest BCUT2D eigenvalue weighted by Crippen LogP contribution is -2.53. The van der Waals surface area contributed by atoms with Crippen LogP contribution < -0.4 is 11.1 Å². The summed E-state index contributed by atoms with van der Waals surface area (Å²) >= 11 is 0. The molecule has 2 heterocycles. The van der Waals surface area contributed by atoms with Gasteiger partial charge in [0.25, 0.3) is 0 Å². The molecule has 3 fully saturated rings. The zero-order valence-electron chi connectivity index (χ0n) is 12.7. The van der Waals surface area contributed by atoms with Crippen molar-refractivity contribution >= 4 is 16.6 Å². The standard InChI is InChI=1S/C18H22N4/c19-18(5-6-18)17-15-10-2-1-9(7-10)14(15)16-11-8-20-22-12(11)3-4-13(16)21-17/h3-4,8-10,14-15,17,21H,1-2,5-7,19H2,(H,20,22)/t9?,10?,14-,15+,17+/m0/s1. The van der Waals surface area contributed by atoms with Gasteiger partial charge in [-0.05, 0) is 73.5 Å². The van der Waals surface area contributed by atoms with E-state index in [4.69, 9.17) is 5.73 Å². The molecule has 4 aliphatic rings. The Labute approximate surface area is 129 Å². The molecule has 3 saturated carbocycles. The number of benzene rings is 1. The first kappa shape index (κ1) is 11.9. The highest BCUT2D eigenvalue weighted by atomic mass is 15.1. The molecule has 0 spiro atoms. The molecule has 4 nitrogen and oxygen atoms in total. The van der Waals surface area contributed by atoms with E-state index < -0.39 is 0 Å². The third-order valence-corrected chi connectivity index (χ3v) is 7.12. The lowest BCUT2D eigenvalue weighted by Gasteiger charge is -2.46. The molecule has 0 radical (unpaired) electrons. The molecule has 4 N–H and O–H groups in total. The highest BCUT2D eigenvalue weighted by Crippen LogP contribution is 2.64. The molecular formula is C18H22N4. The fraction of sp³-hybridized carbons (Fsp3) is 0.611. The topological polar surface area (TPSA) is 66.7 Å². The third kappa shape index (κ3) is 1.31. The number of H-pyrrole nitrogens is 1. The summed E-state index contributed by atoms with van der Waals surface area (Å²) in [5, 5.41) is 12.6. The number of rotatable bonds is 1. The summed E-state index contributed by atoms with van der Waals surface area (Å²) in [6.07, 6.45) is 8.63. The van der Waals surface area contributed by atoms with Crippen molar-refractivity contribution in [1.82, 2.24) is 10.2 Å². The van der Waals surface area contributed by atoms with Gasteiger partial charge < -0.3 is 11.1 Å². The first-order valence-corrected chi connectivity index (χ1v) is 8.76. The Morgan fingerprint density at radius 2 is 2.05 bits per heavy atom. The number of nitrogens with two attached hydrogens (primary N) is 1. The highest BCUT2D eigenvalue weighted by molar-refractivity contribution is 5.88. The van der Waals surface area contributed by atoms with Crippen molar-refractivity contribution in [3.05, 3.63) is 23.9 Å². The first-order chi connectivity index (χ1) is 10.7. The lowest BCUT2D eigenvalue weighted by atomic mass is 9.67. The minimum Gasteiger partial charge on any atom is -0.380 e. The maximum Gasteiger partial charge on any atom is 0.0654 e. The van der Waals surface area contributed by atoms with Crippen molar-refractivity contribution in [2.45, 2.75) is 49.6 Å². The second-order valence-corrected chi connectivity index (χ2v) is 8.15. The van der Waals surface area contributed by atoms with Crippen LogP contribution in [0.4, 0.5) is 5.69 Å². The summed E-state index contributed by atoms with van der Waals surface area (Å²) in [5.74, 6) is 3.17. The average Bonchev–Trinajstić information content (AvgIpc) is 2.99. The van der Waals surface area contributed by atoms with Crippen molar-refractivity contribution in [1.29, 1.82) is 0 Å². The Bertz CT molecular complexity index is 774. The highest BCUT2D eigenvalue weighted by Gasteiger charge is 2.60. The summed E-state index contributed by atoms with van der Waals surface area (Å²) in [7, 11) is 0. The summed E-state index contributed by atoms with van der Waals surface area (Å²) < 4.78 is 0. The maximum atomic E-state index is 6.68. The number of hydrogen-bond donors (Lipinski definition) is 3. The Morgan fingerprint density at radius 3 is 2.91 bits per heavy atom. The van der Waals surface area contributed by atoms with Gasteiger partial charge in [0.05, 0.1) is 11.7 Å². The van der Waals surface area contributed by atoms with Gasteiger partial charge in [0.1, 0.15) is 0 Å². The van der Waals surface area contributed by atoms with E-state index in [1.54, 1.807) is 0 Å². The van der Waals surface area contributed by atoms with Gasteiger partial charge in [-0.15, -0.1) is 0 Å². The van der Waals surface area contributed by atoms with Gasteiger partial charge in [-0.3, -0.25) is 5.10 Å². The van der Waals surface area contributed by atoms with E-state index in [1.807, 2.05) is 6.20 Å². The van der Waals surface area contributed by atoms with Crippen LogP contribution in [0.1, 0.15) is 43.6 Å². The molecule has 2 aromatic rings. The molecule has 1 aliphatic heterocycles. The number of nitrogens with one attached hydrogen (secondary N) is 2. The second kappa shape index (κ2) is 3.67. The van der Waals surface area contributed by atoms with E-state index >= 15 is 0 Å². The van der Waals surface area contributed by atoms with E-state index in [-0.39, 0.29) is 5.54 Å². The number of hydrogen-bond acceptors (Lipinski definition) is 3. The Kier molecular flexibility index (Phi) is 1.99. The fourth-order valence-electron chi connectivity index (χ4n) is 6.01. The monoisotopic (exact) mass is 294 g/mol. The number of aromatic amines is 1. The smallest absolute Gasteiger partial charge is 0.0654 e. The number of nitrogens with zero attached hydrogens (tertiary/aromatic N) is 1. The summed E-state index contributed by atoms with van der Waals surface area (Å²) in [6, 6.07) is 4.88. The van der Waals surface area contributed by atoms with Gasteiger partial charge in [-0.1, -0.05) is 0 Å². The van der Waals surface area contributed by atoms with E-state index in [9.17, 15) is 0 Å². The molecule has 6 rings (SSSR count). The number of fused-ring (bicyclic) bond motifs is 9. The second-order valence-electron chi connectivity index (χ2n) is 8.15. The van der Waals surface area contributed by atoms with Crippen molar-refractivity contribution in [2.75, 3.05) is 5.32 Å². The molecule has 2 unspecified atom stereocenters. The van der Waals surface area contributed by atoms with Gasteiger partial charge in [0, 0.05) is 22.7 Å². The molecule has 0 amide bonds. The van der Waals surface area contributed by atoms with Crippen molar-refractivity contribution in [3.8, 4) is 0 Å². The molecule has 4 heteroatoms. The molecule has 2 bridgehead atoms. The largest absolute Gasteiger partial charge is 0.380 e. The molecule has 5 atom stereocenters. The minimum absolute atomic E-state index is 0.0520. The molecule has 3 aliphatic carbocycles. The lowest BCUT2D eigenvalue weighted by molar-refractivity contribution is 0.222. The van der Waals surface area contributed by atoms with Crippen LogP contribution in [-0.4, -0.2) is 21.8 Å². The maximum absolute atomic E-state index is 6.68. The van der Waals surface area contributed by atoms with Crippen LogP contribution in [0.2, 0.25) is 0 Å². The minimum atomic E-state index is 0.0520. The van der Waals surface area contributed by atoms with E-state index in [2.05, 4.69) is 27.6 Å². The quantitative estimate of drug-likeness (QED) is 0.757. The van der Waals surface area contributed by atoms with E-state index in [0.717, 1.165) is 17.8 Å². The SMILES string of the molecule is NC1([C@@H]2Nc3ccc4[nH]ncc4c3[C@H]3C4CCC(C4)[C@@H]23)CC1. The zero-order valence-corrected chi connectivity index (χ0v) is 12.7. The van der Waals surface area contributed by atoms with Crippen LogP contribution in [0.15, 0.2) is 18.3 Å². The van der Waals surface area contributed by atoms with Gasteiger partial charge in [-0.2, -0.15) is 5.10 Å². The normalized spacial score (nSPS) is 40.3. The van der Waals surface area contributed by atoms with Gasteiger partial charge >= 0.3 is 0 Å². The Morgan fingerprint density at radius 1 is 1.18 bits per heavy atom. The molecule has 0 saturated heterocycles.